The molecule has 9 heterocycles. The average molecular weight is 1630 g/mol. The van der Waals surface area contributed by atoms with Crippen molar-refractivity contribution in [1.29, 1.82) is 0 Å². The molecule has 0 aliphatic carbocycles. The van der Waals surface area contributed by atoms with Gasteiger partial charge in [0.2, 0.25) is 0 Å². The Morgan fingerprint density at radius 1 is 0.164 bits per heavy atom. The molecule has 0 radical (unpaired) electrons. The maximum atomic E-state index is 4.38. The van der Waals surface area contributed by atoms with Gasteiger partial charge in [-0.15, -0.1) is 0 Å². The van der Waals surface area contributed by atoms with E-state index in [2.05, 4.69) is 462 Å². The summed E-state index contributed by atoms with van der Waals surface area (Å²) in [5.74, 6) is 0. The maximum absolute atomic E-state index is 4.38. The van der Waals surface area contributed by atoms with Crippen LogP contribution in [0.4, 0.5) is 34.1 Å². The molecule has 0 amide bonds. The number of hydrogen-bond acceptors (Lipinski definition) is 6. The van der Waals surface area contributed by atoms with Crippen molar-refractivity contribution in [1.82, 2.24) is 15.0 Å². The molecule has 6 aliphatic rings. The van der Waals surface area contributed by atoms with Crippen LogP contribution in [0.25, 0.3) is 156 Å². The first-order chi connectivity index (χ1) is 63.3. The standard InChI is InChI=1S/C47H31BN2.2C36H25BN2/c1-3-9-32(10-4-1)37-20-23-46-42(29-37)40-13-7-8-14-44(40)48-45-31-39(35-17-15-34(16-18-35)36-25-27-49-28-26-36)19-22-41(45)43-30-38(21-24-47(43)50(46)48)33-11-5-2-6-12-33;1-24-20-28(23-38-22-24)26-16-14-25(15-17-26)27-18-19-30-32-10-4-7-13-36(32)39-35-12-6-3-9-31(35)29-8-2-5-11-33(29)37(39)34(30)21-27;1-24-20-21-38-23-32(24)26-16-14-25(15-17-26)27-18-19-29-31-10-4-7-13-36(31)39-35-12-6-3-9-30(35)28-8-2-5-11-33(28)37(39)34(29)22-27/h1-31H;2*2-23H,1H3. The first kappa shape index (κ1) is 75.5. The van der Waals surface area contributed by atoms with Gasteiger partial charge in [-0.2, -0.15) is 0 Å². The third-order valence-electron chi connectivity index (χ3n) is 26.9. The average Bonchev–Trinajstić information content (AvgIpc) is 0.697. The summed E-state index contributed by atoms with van der Waals surface area (Å²) in [7, 11) is 0. The number of aryl methyl sites for hydroxylation is 2. The van der Waals surface area contributed by atoms with E-state index in [0.29, 0.717) is 0 Å². The summed E-state index contributed by atoms with van der Waals surface area (Å²) in [5.41, 5.74) is 52.8. The number of pyridine rings is 3. The Balaban J connectivity index is 0.000000108. The van der Waals surface area contributed by atoms with Crippen molar-refractivity contribution in [2.45, 2.75) is 13.8 Å². The van der Waals surface area contributed by atoms with Crippen molar-refractivity contribution in [3.05, 3.63) is 467 Å². The Bertz CT molecular complexity index is 7750. The first-order valence-corrected chi connectivity index (χ1v) is 44.2. The molecular formula is C119H81B3N6. The normalized spacial score (nSPS) is 12.5. The van der Waals surface area contributed by atoms with Gasteiger partial charge in [0.05, 0.1) is 0 Å². The highest BCUT2D eigenvalue weighted by Crippen LogP contribution is 2.52. The minimum absolute atomic E-state index is 0.0300. The van der Waals surface area contributed by atoms with Crippen LogP contribution in [0.3, 0.4) is 0 Å². The highest BCUT2D eigenvalue weighted by atomic mass is 15.1. The van der Waals surface area contributed by atoms with Crippen molar-refractivity contribution < 1.29 is 0 Å². The molecule has 0 unspecified atom stereocenters. The SMILES string of the molecule is Cc1ccncc1-c1ccc(-c2ccc3c(c2)B2c4ccccc4-c4ccccc4N2c2ccccc2-3)cc1.Cc1cncc(-c2ccc(-c3ccc4c(c3)B3c5ccccc5-c5ccccc5N3c3ccccc3-4)cc2)c1.c1ccc(-c2ccc3c(c2)-c2ccccc2B2c4cc(-c5ccc(-c6ccncc6)cc5)ccc4-c4cc(-c5ccccc5)ccc4N23)cc1. The number of aromatic nitrogens is 3. The summed E-state index contributed by atoms with van der Waals surface area (Å²) in [6.45, 7) is 4.47. The minimum atomic E-state index is 0.0300. The Morgan fingerprint density at radius 3 is 0.844 bits per heavy atom. The molecule has 128 heavy (non-hydrogen) atoms. The fourth-order valence-corrected chi connectivity index (χ4v) is 20.9. The molecule has 26 rings (SSSR count). The predicted molar refractivity (Wildman–Crippen MR) is 539 cm³/mol. The number of anilines is 6. The Hall–Kier alpha value is -16.2. The third kappa shape index (κ3) is 12.9. The summed E-state index contributed by atoms with van der Waals surface area (Å²) >= 11 is 0. The second-order valence-electron chi connectivity index (χ2n) is 34.2. The van der Waals surface area contributed by atoms with E-state index in [0.717, 1.165) is 5.56 Å². The number of nitrogens with zero attached hydrogens (tertiary/aromatic N) is 6. The van der Waals surface area contributed by atoms with Gasteiger partial charge in [0.15, 0.2) is 0 Å². The lowest BCUT2D eigenvalue weighted by Gasteiger charge is -2.43. The van der Waals surface area contributed by atoms with Gasteiger partial charge < -0.3 is 14.4 Å². The molecule has 596 valence electrons. The van der Waals surface area contributed by atoms with E-state index in [-0.39, 0.29) is 20.5 Å². The number of para-hydroxylation sites is 4. The van der Waals surface area contributed by atoms with E-state index in [1.165, 1.54) is 228 Å². The molecule has 6 aliphatic heterocycles. The van der Waals surface area contributed by atoms with Gasteiger partial charge in [0.1, 0.15) is 0 Å². The van der Waals surface area contributed by atoms with Crippen LogP contribution in [0.5, 0.6) is 0 Å². The van der Waals surface area contributed by atoms with Gasteiger partial charge >= 0.3 is 20.5 Å². The lowest BCUT2D eigenvalue weighted by Crippen LogP contribution is -2.59. The maximum Gasteiger partial charge on any atom is 0.329 e. The molecule has 0 saturated heterocycles. The largest absolute Gasteiger partial charge is 0.376 e. The van der Waals surface area contributed by atoms with Crippen LogP contribution in [0.2, 0.25) is 0 Å². The molecule has 0 spiro atoms. The van der Waals surface area contributed by atoms with Gasteiger partial charge in [-0.3, -0.25) is 15.0 Å². The van der Waals surface area contributed by atoms with E-state index in [9.17, 15) is 0 Å². The monoisotopic (exact) mass is 1630 g/mol. The molecule has 0 N–H and O–H groups in total. The molecule has 17 aromatic carbocycles. The molecule has 0 fully saturated rings. The summed E-state index contributed by atoms with van der Waals surface area (Å²) in [5, 5.41) is 0. The van der Waals surface area contributed by atoms with Crippen molar-refractivity contribution in [2.75, 3.05) is 14.4 Å². The quantitative estimate of drug-likeness (QED) is 0.141. The summed E-state index contributed by atoms with van der Waals surface area (Å²) in [6, 6.07) is 154. The lowest BCUT2D eigenvalue weighted by molar-refractivity contribution is 1.27. The molecule has 6 nitrogen and oxygen atoms in total. The molecule has 0 bridgehead atoms. The van der Waals surface area contributed by atoms with E-state index in [4.69, 9.17) is 0 Å². The van der Waals surface area contributed by atoms with Crippen molar-refractivity contribution >= 4 is 87.4 Å². The zero-order valence-corrected chi connectivity index (χ0v) is 70.7. The van der Waals surface area contributed by atoms with Crippen molar-refractivity contribution in [3.8, 4) is 156 Å². The van der Waals surface area contributed by atoms with Crippen LogP contribution in [0, 0.1) is 13.8 Å². The number of rotatable bonds is 8. The van der Waals surface area contributed by atoms with Crippen LogP contribution < -0.4 is 47.2 Å². The topological polar surface area (TPSA) is 48.4 Å². The highest BCUT2D eigenvalue weighted by Gasteiger charge is 2.46. The smallest absolute Gasteiger partial charge is 0.329 e. The minimum Gasteiger partial charge on any atom is -0.376 e. The summed E-state index contributed by atoms with van der Waals surface area (Å²) in [4.78, 5) is 20.6. The van der Waals surface area contributed by atoms with Crippen LogP contribution in [-0.4, -0.2) is 35.5 Å². The zero-order chi connectivity index (χ0) is 84.9. The molecule has 0 atom stereocenters. The fraction of sp³-hybridized carbons (Fsp3) is 0.0168. The van der Waals surface area contributed by atoms with Crippen LogP contribution in [0.1, 0.15) is 11.1 Å². The van der Waals surface area contributed by atoms with Gasteiger partial charge in [0.25, 0.3) is 0 Å². The molecule has 20 aromatic rings. The number of fused-ring (bicyclic) bond motifs is 33. The van der Waals surface area contributed by atoms with E-state index < -0.39 is 0 Å². The van der Waals surface area contributed by atoms with Gasteiger partial charge in [-0.05, 0) is 242 Å². The van der Waals surface area contributed by atoms with E-state index >= 15 is 0 Å². The third-order valence-corrected chi connectivity index (χ3v) is 26.9. The van der Waals surface area contributed by atoms with Crippen LogP contribution >= 0.6 is 0 Å². The lowest BCUT2D eigenvalue weighted by atomic mass is 9.43. The van der Waals surface area contributed by atoms with E-state index in [1.54, 1.807) is 0 Å². The Morgan fingerprint density at radius 2 is 0.445 bits per heavy atom. The van der Waals surface area contributed by atoms with Gasteiger partial charge in [-0.25, -0.2) is 0 Å². The Labute approximate surface area is 748 Å². The van der Waals surface area contributed by atoms with Gasteiger partial charge in [0, 0.05) is 116 Å². The van der Waals surface area contributed by atoms with Gasteiger partial charge in [-0.1, -0.05) is 346 Å². The second-order valence-corrected chi connectivity index (χ2v) is 34.2. The Kier molecular flexibility index (Phi) is 18.6. The molecule has 0 saturated carbocycles. The van der Waals surface area contributed by atoms with Crippen LogP contribution in [-0.2, 0) is 0 Å². The molecular weight excluding hydrogens is 1550 g/mol. The summed E-state index contributed by atoms with van der Waals surface area (Å²) < 4.78 is 0. The van der Waals surface area contributed by atoms with E-state index in [1.807, 2.05) is 37.2 Å². The molecule has 3 aromatic heterocycles. The van der Waals surface area contributed by atoms with Crippen molar-refractivity contribution in [2.24, 2.45) is 0 Å². The zero-order valence-electron chi connectivity index (χ0n) is 70.7. The highest BCUT2D eigenvalue weighted by molar-refractivity contribution is 6.94. The molecule has 9 heteroatoms. The van der Waals surface area contributed by atoms with Crippen LogP contribution in [0.15, 0.2) is 456 Å². The number of hydrogen-bond donors (Lipinski definition) is 0. The number of benzene rings is 17. The second kappa shape index (κ2) is 31.5. The first-order valence-electron chi connectivity index (χ1n) is 44.2. The summed E-state index contributed by atoms with van der Waals surface area (Å²) in [6.07, 6.45) is 11.3. The fourth-order valence-electron chi connectivity index (χ4n) is 20.9. The van der Waals surface area contributed by atoms with Crippen molar-refractivity contribution in [3.63, 3.8) is 0 Å². The predicted octanol–water partition coefficient (Wildman–Crippen LogP) is 25.9.